The van der Waals surface area contributed by atoms with Crippen molar-refractivity contribution in [1.29, 1.82) is 0 Å². The van der Waals surface area contributed by atoms with E-state index < -0.39 is 5.41 Å². The number of fused-ring (bicyclic) bond motifs is 1. The number of phenols is 1. The first-order chi connectivity index (χ1) is 9.58. The lowest BCUT2D eigenvalue weighted by Gasteiger charge is -2.19. The second-order valence-corrected chi connectivity index (χ2v) is 5.77. The summed E-state index contributed by atoms with van der Waals surface area (Å²) in [4.78, 5) is 24.3. The molecule has 1 saturated carbocycles. The molecule has 2 aliphatic carbocycles. The molecular formula is C16H19NO3. The predicted octanol–water partition coefficient (Wildman–Crippen LogP) is 2.25. The number of ketones is 1. The van der Waals surface area contributed by atoms with Crippen LogP contribution >= 0.6 is 0 Å². The lowest BCUT2D eigenvalue weighted by Crippen LogP contribution is -2.38. The van der Waals surface area contributed by atoms with Crippen LogP contribution in [0.15, 0.2) is 18.2 Å². The zero-order valence-corrected chi connectivity index (χ0v) is 11.6. The van der Waals surface area contributed by atoms with E-state index >= 15 is 0 Å². The van der Waals surface area contributed by atoms with Gasteiger partial charge in [-0.1, -0.05) is 19.1 Å². The summed E-state index contributed by atoms with van der Waals surface area (Å²) in [5.74, 6) is 0.208. The van der Waals surface area contributed by atoms with Crippen molar-refractivity contribution in [2.45, 2.75) is 45.1 Å². The average molecular weight is 273 g/mol. The van der Waals surface area contributed by atoms with E-state index in [-0.39, 0.29) is 17.7 Å². The highest BCUT2D eigenvalue weighted by Crippen LogP contribution is 2.48. The van der Waals surface area contributed by atoms with Gasteiger partial charge >= 0.3 is 0 Å². The Labute approximate surface area is 118 Å². The van der Waals surface area contributed by atoms with Crippen LogP contribution in [0.4, 0.5) is 0 Å². The molecule has 1 aromatic rings. The van der Waals surface area contributed by atoms with Crippen LogP contribution in [0.3, 0.4) is 0 Å². The minimum absolute atomic E-state index is 0.0455. The summed E-state index contributed by atoms with van der Waals surface area (Å²) in [6, 6.07) is 5.33. The molecule has 0 heterocycles. The highest BCUT2D eigenvalue weighted by Gasteiger charge is 2.55. The summed E-state index contributed by atoms with van der Waals surface area (Å²) in [7, 11) is 0. The van der Waals surface area contributed by atoms with Crippen LogP contribution in [0.25, 0.3) is 0 Å². The molecule has 0 spiro atoms. The summed E-state index contributed by atoms with van der Waals surface area (Å²) in [5, 5.41) is 12.8. The van der Waals surface area contributed by atoms with Crippen LogP contribution in [0, 0.1) is 5.41 Å². The zero-order chi connectivity index (χ0) is 14.3. The highest BCUT2D eigenvalue weighted by molar-refractivity contribution is 6.08. The Morgan fingerprint density at radius 2 is 2.15 bits per heavy atom. The van der Waals surface area contributed by atoms with Crippen molar-refractivity contribution in [3.63, 3.8) is 0 Å². The third-order valence-electron chi connectivity index (χ3n) is 4.59. The van der Waals surface area contributed by atoms with Gasteiger partial charge in [-0.2, -0.15) is 0 Å². The number of carbonyl (C=O) groups is 2. The molecule has 20 heavy (non-hydrogen) atoms. The Morgan fingerprint density at radius 3 is 2.80 bits per heavy atom. The molecule has 0 aliphatic heterocycles. The minimum atomic E-state index is -0.756. The van der Waals surface area contributed by atoms with E-state index in [1.807, 2.05) is 6.07 Å². The molecule has 3 rings (SSSR count). The van der Waals surface area contributed by atoms with Gasteiger partial charge in [0.05, 0.1) is 6.04 Å². The first-order valence-electron chi connectivity index (χ1n) is 7.23. The van der Waals surface area contributed by atoms with E-state index in [1.165, 1.54) is 0 Å². The number of carbonyl (C=O) groups excluding carboxylic acids is 2. The molecule has 1 amide bonds. The van der Waals surface area contributed by atoms with Gasteiger partial charge in [0.1, 0.15) is 16.9 Å². The van der Waals surface area contributed by atoms with Crippen LogP contribution in [-0.2, 0) is 16.0 Å². The SMILES string of the molecule is CCC(=O)C1(C(=O)NC2CCc3c(O)cccc32)CC1. The van der Waals surface area contributed by atoms with E-state index in [0.29, 0.717) is 25.0 Å². The van der Waals surface area contributed by atoms with Gasteiger partial charge in [0.2, 0.25) is 5.91 Å². The number of rotatable bonds is 4. The molecule has 0 radical (unpaired) electrons. The molecule has 0 saturated heterocycles. The quantitative estimate of drug-likeness (QED) is 0.827. The normalized spacial score (nSPS) is 22.1. The van der Waals surface area contributed by atoms with E-state index in [4.69, 9.17) is 0 Å². The number of benzene rings is 1. The lowest BCUT2D eigenvalue weighted by molar-refractivity contribution is -0.136. The zero-order valence-electron chi connectivity index (χ0n) is 11.6. The fraction of sp³-hybridized carbons (Fsp3) is 0.500. The van der Waals surface area contributed by atoms with E-state index in [9.17, 15) is 14.7 Å². The molecule has 0 bridgehead atoms. The molecule has 0 aromatic heterocycles. The van der Waals surface area contributed by atoms with Crippen LogP contribution < -0.4 is 5.32 Å². The number of Topliss-reactive ketones (excluding diaryl/α,β-unsaturated/α-hetero) is 1. The molecule has 1 aromatic carbocycles. The molecular weight excluding hydrogens is 254 g/mol. The van der Waals surface area contributed by atoms with Crippen molar-refractivity contribution in [2.24, 2.45) is 5.41 Å². The fourth-order valence-corrected chi connectivity index (χ4v) is 3.18. The van der Waals surface area contributed by atoms with Crippen molar-refractivity contribution >= 4 is 11.7 Å². The third kappa shape index (κ3) is 1.90. The summed E-state index contributed by atoms with van der Waals surface area (Å²) in [6.45, 7) is 1.80. The van der Waals surface area contributed by atoms with Crippen molar-refractivity contribution in [2.75, 3.05) is 0 Å². The first kappa shape index (κ1) is 13.2. The maximum Gasteiger partial charge on any atom is 0.234 e. The van der Waals surface area contributed by atoms with Gasteiger partial charge in [0, 0.05) is 6.42 Å². The first-order valence-corrected chi connectivity index (χ1v) is 7.23. The van der Waals surface area contributed by atoms with E-state index in [0.717, 1.165) is 24.0 Å². The van der Waals surface area contributed by atoms with Crippen LogP contribution in [-0.4, -0.2) is 16.8 Å². The van der Waals surface area contributed by atoms with Crippen molar-refractivity contribution < 1.29 is 14.7 Å². The molecule has 4 heteroatoms. The summed E-state index contributed by atoms with van der Waals surface area (Å²) >= 11 is 0. The topological polar surface area (TPSA) is 66.4 Å². The molecule has 4 nitrogen and oxygen atoms in total. The van der Waals surface area contributed by atoms with E-state index in [2.05, 4.69) is 5.32 Å². The van der Waals surface area contributed by atoms with Gasteiger partial charge in [-0.05, 0) is 42.9 Å². The standard InChI is InChI=1S/C16H19NO3/c1-2-14(19)16(8-9-16)15(20)17-12-7-6-11-10(12)4-3-5-13(11)18/h3-5,12,18H,2,6-9H2,1H3,(H,17,20). The van der Waals surface area contributed by atoms with Gasteiger partial charge in [0.15, 0.2) is 0 Å². The number of amides is 1. The number of hydrogen-bond donors (Lipinski definition) is 2. The molecule has 2 aliphatic rings. The second-order valence-electron chi connectivity index (χ2n) is 5.77. The monoisotopic (exact) mass is 273 g/mol. The maximum absolute atomic E-state index is 12.4. The minimum Gasteiger partial charge on any atom is -0.508 e. The van der Waals surface area contributed by atoms with Gasteiger partial charge in [-0.3, -0.25) is 9.59 Å². The molecule has 106 valence electrons. The number of hydrogen-bond acceptors (Lipinski definition) is 3. The summed E-state index contributed by atoms with van der Waals surface area (Å²) < 4.78 is 0. The lowest BCUT2D eigenvalue weighted by atomic mass is 9.97. The number of nitrogens with one attached hydrogen (secondary N) is 1. The van der Waals surface area contributed by atoms with E-state index in [1.54, 1.807) is 19.1 Å². The van der Waals surface area contributed by atoms with Gasteiger partial charge in [-0.15, -0.1) is 0 Å². The average Bonchev–Trinajstić information content (AvgIpc) is 3.17. The molecule has 1 atom stereocenters. The van der Waals surface area contributed by atoms with Crippen molar-refractivity contribution in [1.82, 2.24) is 5.32 Å². The Balaban J connectivity index is 1.77. The Kier molecular flexibility index (Phi) is 3.04. The molecule has 2 N–H and O–H groups in total. The van der Waals surface area contributed by atoms with Gasteiger partial charge < -0.3 is 10.4 Å². The Bertz CT molecular complexity index is 575. The molecule has 1 fully saturated rings. The summed E-state index contributed by atoms with van der Waals surface area (Å²) in [6.07, 6.45) is 3.31. The fourth-order valence-electron chi connectivity index (χ4n) is 3.18. The van der Waals surface area contributed by atoms with Gasteiger partial charge in [-0.25, -0.2) is 0 Å². The van der Waals surface area contributed by atoms with Crippen LogP contribution in [0.2, 0.25) is 0 Å². The van der Waals surface area contributed by atoms with Crippen LogP contribution in [0.1, 0.15) is 49.8 Å². The van der Waals surface area contributed by atoms with Crippen molar-refractivity contribution in [3.05, 3.63) is 29.3 Å². The number of aromatic hydroxyl groups is 1. The Hall–Kier alpha value is -1.84. The highest BCUT2D eigenvalue weighted by atomic mass is 16.3. The summed E-state index contributed by atoms with van der Waals surface area (Å²) in [5.41, 5.74) is 1.15. The maximum atomic E-state index is 12.4. The largest absolute Gasteiger partial charge is 0.508 e. The van der Waals surface area contributed by atoms with Crippen molar-refractivity contribution in [3.8, 4) is 5.75 Å². The third-order valence-corrected chi connectivity index (χ3v) is 4.59. The van der Waals surface area contributed by atoms with Gasteiger partial charge in [0.25, 0.3) is 0 Å². The molecule has 1 unspecified atom stereocenters. The predicted molar refractivity (Wildman–Crippen MR) is 74.3 cm³/mol. The second kappa shape index (κ2) is 4.62. The van der Waals surface area contributed by atoms with Crippen LogP contribution in [0.5, 0.6) is 5.75 Å². The number of phenolic OH excluding ortho intramolecular Hbond substituents is 1. The smallest absolute Gasteiger partial charge is 0.234 e. The Morgan fingerprint density at radius 1 is 1.40 bits per heavy atom.